The van der Waals surface area contributed by atoms with Crippen LogP contribution in [0.15, 0.2) is 35.4 Å². The molecule has 0 spiro atoms. The van der Waals surface area contributed by atoms with Crippen molar-refractivity contribution in [2.75, 3.05) is 11.6 Å². The van der Waals surface area contributed by atoms with E-state index in [0.29, 0.717) is 16.5 Å². The molecule has 2 aromatic heterocycles. The zero-order valence-electron chi connectivity index (χ0n) is 13.2. The Labute approximate surface area is 142 Å². The number of sulfone groups is 1. The van der Waals surface area contributed by atoms with E-state index in [4.69, 9.17) is 0 Å². The molecule has 9 heteroatoms. The molecule has 6 nitrogen and oxygen atoms in total. The van der Waals surface area contributed by atoms with Gasteiger partial charge in [-0.3, -0.25) is 4.68 Å². The van der Waals surface area contributed by atoms with E-state index in [1.807, 2.05) is 26.2 Å². The van der Waals surface area contributed by atoms with Gasteiger partial charge in [-0.15, -0.1) is 0 Å². The number of hydrogen-bond donors (Lipinski definition) is 1. The first-order chi connectivity index (χ1) is 11.2. The first-order valence-corrected chi connectivity index (χ1v) is 9.69. The van der Waals surface area contributed by atoms with Crippen LogP contribution in [0.25, 0.3) is 10.4 Å². The van der Waals surface area contributed by atoms with Crippen LogP contribution >= 0.6 is 11.3 Å². The predicted molar refractivity (Wildman–Crippen MR) is 91.8 cm³/mol. The topological polar surface area (TPSA) is 76.9 Å². The second-order valence-electron chi connectivity index (χ2n) is 5.35. The fourth-order valence-electron chi connectivity index (χ4n) is 2.25. The number of aryl methyl sites for hydroxylation is 2. The van der Waals surface area contributed by atoms with Crippen LogP contribution in [0.1, 0.15) is 5.69 Å². The minimum absolute atomic E-state index is 0.305. The van der Waals surface area contributed by atoms with Gasteiger partial charge in [0.1, 0.15) is 10.7 Å². The number of nitrogens with one attached hydrogen (secondary N) is 1. The van der Waals surface area contributed by atoms with E-state index in [1.54, 1.807) is 10.7 Å². The molecule has 3 rings (SSSR count). The summed E-state index contributed by atoms with van der Waals surface area (Å²) in [6, 6.07) is 5.91. The SMILES string of the molecule is Cc1nc(Nc2ccn(C)n2)sc1-c1ccc(S(C)(=O)=O)c(F)c1. The van der Waals surface area contributed by atoms with Gasteiger partial charge in [0.2, 0.25) is 0 Å². The number of rotatable bonds is 4. The molecular formula is C15H15FN4O2S2. The summed E-state index contributed by atoms with van der Waals surface area (Å²) in [6.07, 6.45) is 2.79. The standard InChI is InChI=1S/C15H15FN4O2S2/c1-9-14(10-4-5-12(11(16)8-10)24(3,21)22)23-15(17-9)18-13-6-7-20(2)19-13/h4-8H,1-3H3,(H,17,18,19). The highest BCUT2D eigenvalue weighted by atomic mass is 32.2. The van der Waals surface area contributed by atoms with Gasteiger partial charge in [0.05, 0.1) is 10.6 Å². The van der Waals surface area contributed by atoms with E-state index in [2.05, 4.69) is 15.4 Å². The third-order valence-electron chi connectivity index (χ3n) is 3.34. The highest BCUT2D eigenvalue weighted by Crippen LogP contribution is 2.35. The van der Waals surface area contributed by atoms with Crippen LogP contribution in [0.4, 0.5) is 15.3 Å². The summed E-state index contributed by atoms with van der Waals surface area (Å²) in [5.41, 5.74) is 1.31. The molecule has 24 heavy (non-hydrogen) atoms. The fourth-order valence-corrected chi connectivity index (χ4v) is 3.95. The summed E-state index contributed by atoms with van der Waals surface area (Å²) in [4.78, 5) is 4.88. The lowest BCUT2D eigenvalue weighted by atomic mass is 10.1. The lowest BCUT2D eigenvalue weighted by molar-refractivity contribution is 0.571. The molecule has 0 saturated heterocycles. The minimum atomic E-state index is -3.59. The molecule has 2 heterocycles. The molecule has 0 atom stereocenters. The van der Waals surface area contributed by atoms with Crippen molar-refractivity contribution in [2.45, 2.75) is 11.8 Å². The maximum absolute atomic E-state index is 14.1. The second kappa shape index (κ2) is 5.99. The van der Waals surface area contributed by atoms with Gasteiger partial charge in [0.15, 0.2) is 20.8 Å². The molecule has 0 saturated carbocycles. The van der Waals surface area contributed by atoms with Crippen molar-refractivity contribution in [3.8, 4) is 10.4 Å². The summed E-state index contributed by atoms with van der Waals surface area (Å²) in [6.45, 7) is 1.82. The normalized spacial score (nSPS) is 11.7. The van der Waals surface area contributed by atoms with Gasteiger partial charge >= 0.3 is 0 Å². The second-order valence-corrected chi connectivity index (χ2v) is 8.33. The zero-order chi connectivity index (χ0) is 17.5. The maximum atomic E-state index is 14.1. The van der Waals surface area contributed by atoms with Crippen molar-refractivity contribution in [3.05, 3.63) is 42.0 Å². The first-order valence-electron chi connectivity index (χ1n) is 6.98. The Morgan fingerprint density at radius 3 is 2.62 bits per heavy atom. The Kier molecular flexibility index (Phi) is 4.14. The van der Waals surface area contributed by atoms with Crippen molar-refractivity contribution < 1.29 is 12.8 Å². The van der Waals surface area contributed by atoms with E-state index in [1.165, 1.54) is 23.5 Å². The first kappa shape index (κ1) is 16.6. The van der Waals surface area contributed by atoms with E-state index < -0.39 is 15.7 Å². The Hall–Kier alpha value is -2.26. The molecule has 3 aromatic rings. The number of anilines is 2. The predicted octanol–water partition coefficient (Wildman–Crippen LogP) is 3.14. The number of nitrogens with zero attached hydrogens (tertiary/aromatic N) is 3. The third-order valence-corrected chi connectivity index (χ3v) is 5.59. The van der Waals surface area contributed by atoms with E-state index in [9.17, 15) is 12.8 Å². The summed E-state index contributed by atoms with van der Waals surface area (Å²) in [7, 11) is -1.77. The Bertz CT molecular complexity index is 1010. The smallest absolute Gasteiger partial charge is 0.189 e. The van der Waals surface area contributed by atoms with Crippen LogP contribution in [0.3, 0.4) is 0 Å². The average Bonchev–Trinajstić information content (AvgIpc) is 3.03. The number of thiazole rings is 1. The summed E-state index contributed by atoms with van der Waals surface area (Å²) < 4.78 is 38.8. The van der Waals surface area contributed by atoms with Crippen molar-refractivity contribution in [3.63, 3.8) is 0 Å². The maximum Gasteiger partial charge on any atom is 0.189 e. The zero-order valence-corrected chi connectivity index (χ0v) is 14.9. The molecule has 126 valence electrons. The van der Waals surface area contributed by atoms with Gasteiger partial charge in [0, 0.05) is 25.6 Å². The van der Waals surface area contributed by atoms with Gasteiger partial charge in [-0.2, -0.15) is 5.10 Å². The third kappa shape index (κ3) is 3.31. The number of aromatic nitrogens is 3. The van der Waals surface area contributed by atoms with E-state index in [0.717, 1.165) is 16.8 Å². The van der Waals surface area contributed by atoms with Crippen LogP contribution < -0.4 is 5.32 Å². The largest absolute Gasteiger partial charge is 0.315 e. The fraction of sp³-hybridized carbons (Fsp3) is 0.200. The molecular weight excluding hydrogens is 351 g/mol. The molecule has 0 aliphatic carbocycles. The molecule has 0 aliphatic rings. The minimum Gasteiger partial charge on any atom is -0.315 e. The quantitative estimate of drug-likeness (QED) is 0.768. The monoisotopic (exact) mass is 366 g/mol. The van der Waals surface area contributed by atoms with Crippen molar-refractivity contribution in [1.82, 2.24) is 14.8 Å². The Morgan fingerprint density at radius 1 is 1.29 bits per heavy atom. The van der Waals surface area contributed by atoms with Crippen LogP contribution in [0.2, 0.25) is 0 Å². The highest BCUT2D eigenvalue weighted by Gasteiger charge is 2.17. The van der Waals surface area contributed by atoms with Crippen LogP contribution in [0.5, 0.6) is 0 Å². The van der Waals surface area contributed by atoms with Crippen LogP contribution in [0, 0.1) is 12.7 Å². The van der Waals surface area contributed by atoms with Crippen molar-refractivity contribution in [2.24, 2.45) is 7.05 Å². The number of halogens is 1. The van der Waals surface area contributed by atoms with E-state index in [-0.39, 0.29) is 4.90 Å². The van der Waals surface area contributed by atoms with Gasteiger partial charge in [-0.1, -0.05) is 17.4 Å². The molecule has 0 amide bonds. The Morgan fingerprint density at radius 2 is 2.04 bits per heavy atom. The van der Waals surface area contributed by atoms with Crippen LogP contribution in [-0.2, 0) is 16.9 Å². The average molecular weight is 366 g/mol. The molecule has 0 radical (unpaired) electrons. The Balaban J connectivity index is 1.94. The van der Waals surface area contributed by atoms with Crippen molar-refractivity contribution in [1.29, 1.82) is 0 Å². The highest BCUT2D eigenvalue weighted by molar-refractivity contribution is 7.90. The van der Waals surface area contributed by atoms with Crippen LogP contribution in [-0.4, -0.2) is 29.4 Å². The van der Waals surface area contributed by atoms with Crippen molar-refractivity contribution >= 4 is 32.1 Å². The van der Waals surface area contributed by atoms with Gasteiger partial charge in [0.25, 0.3) is 0 Å². The van der Waals surface area contributed by atoms with Gasteiger partial charge in [-0.25, -0.2) is 17.8 Å². The molecule has 0 aliphatic heterocycles. The molecule has 0 bridgehead atoms. The summed E-state index contributed by atoms with van der Waals surface area (Å²) >= 11 is 1.35. The summed E-state index contributed by atoms with van der Waals surface area (Å²) in [5.74, 6) is -0.0987. The molecule has 1 N–H and O–H groups in total. The molecule has 1 aromatic carbocycles. The lowest BCUT2D eigenvalue weighted by Gasteiger charge is -2.03. The number of benzene rings is 1. The summed E-state index contributed by atoms with van der Waals surface area (Å²) in [5, 5.41) is 7.94. The van der Waals surface area contributed by atoms with Gasteiger partial charge in [-0.05, 0) is 24.6 Å². The van der Waals surface area contributed by atoms with E-state index >= 15 is 0 Å². The van der Waals surface area contributed by atoms with Gasteiger partial charge < -0.3 is 5.32 Å². The molecule has 0 fully saturated rings. The molecule has 0 unspecified atom stereocenters. The lowest BCUT2D eigenvalue weighted by Crippen LogP contribution is -2.00. The number of hydrogen-bond acceptors (Lipinski definition) is 6.